The van der Waals surface area contributed by atoms with Crippen LogP contribution >= 0.6 is 22.6 Å². The van der Waals surface area contributed by atoms with Crippen molar-refractivity contribution in [3.05, 3.63) is 63.2 Å². The third-order valence-electron chi connectivity index (χ3n) is 5.05. The van der Waals surface area contributed by atoms with E-state index in [0.29, 0.717) is 5.56 Å². The Balaban J connectivity index is 1.45. The molecular formula is C22H26IN3O2. The van der Waals surface area contributed by atoms with Gasteiger partial charge in [0.1, 0.15) is 0 Å². The van der Waals surface area contributed by atoms with Crippen LogP contribution in [0.25, 0.3) is 0 Å². The topological polar surface area (TPSA) is 61.4 Å². The molecule has 0 saturated carbocycles. The summed E-state index contributed by atoms with van der Waals surface area (Å²) in [5.74, 6) is 0.350. The highest BCUT2D eigenvalue weighted by atomic mass is 127. The average molecular weight is 491 g/mol. The minimum Gasteiger partial charge on any atom is -0.343 e. The molecule has 1 aliphatic heterocycles. The molecule has 2 aromatic carbocycles. The maximum atomic E-state index is 12.2. The highest BCUT2D eigenvalue weighted by Gasteiger charge is 2.15. The number of nitrogens with one attached hydrogen (secondary N) is 2. The second kappa shape index (κ2) is 10.0. The highest BCUT2D eigenvalue weighted by molar-refractivity contribution is 14.1. The highest BCUT2D eigenvalue weighted by Crippen LogP contribution is 2.19. The Bertz CT molecular complexity index is 815. The van der Waals surface area contributed by atoms with E-state index in [9.17, 15) is 9.59 Å². The maximum Gasteiger partial charge on any atom is 0.252 e. The zero-order chi connectivity index (χ0) is 19.9. The minimum atomic E-state index is -0.244. The van der Waals surface area contributed by atoms with Crippen LogP contribution in [0.15, 0.2) is 48.5 Å². The van der Waals surface area contributed by atoms with Gasteiger partial charge in [0, 0.05) is 15.8 Å². The van der Waals surface area contributed by atoms with E-state index < -0.39 is 0 Å². The van der Waals surface area contributed by atoms with Gasteiger partial charge in [-0.05, 0) is 84.3 Å². The molecular weight excluding hydrogens is 465 g/mol. The number of anilines is 1. The van der Waals surface area contributed by atoms with Gasteiger partial charge >= 0.3 is 0 Å². The van der Waals surface area contributed by atoms with E-state index in [4.69, 9.17) is 0 Å². The number of likely N-dealkylation sites (tertiary alicyclic amines) is 1. The SMILES string of the molecule is CC1CCN(Cc2ccc(NC(=O)CNC(=O)c3ccccc3I)cc2)CC1. The summed E-state index contributed by atoms with van der Waals surface area (Å²) in [6.45, 7) is 5.52. The van der Waals surface area contributed by atoms with Gasteiger partial charge in [0.05, 0.1) is 12.1 Å². The molecule has 148 valence electrons. The van der Waals surface area contributed by atoms with Gasteiger partial charge in [0.15, 0.2) is 0 Å². The van der Waals surface area contributed by atoms with Crippen LogP contribution in [0.5, 0.6) is 0 Å². The van der Waals surface area contributed by atoms with Gasteiger partial charge in [0.25, 0.3) is 5.91 Å². The number of rotatable bonds is 6. The van der Waals surface area contributed by atoms with Gasteiger partial charge in [-0.3, -0.25) is 14.5 Å². The first-order chi connectivity index (χ1) is 13.5. The summed E-state index contributed by atoms with van der Waals surface area (Å²) in [5, 5.41) is 5.50. The molecule has 1 saturated heterocycles. The second-order valence-corrected chi connectivity index (χ2v) is 8.53. The van der Waals surface area contributed by atoms with Crippen LogP contribution in [0, 0.1) is 9.49 Å². The summed E-state index contributed by atoms with van der Waals surface area (Å²) in [5.41, 5.74) is 2.57. The number of halogens is 1. The summed E-state index contributed by atoms with van der Waals surface area (Å²) in [7, 11) is 0. The van der Waals surface area contributed by atoms with Gasteiger partial charge in [-0.2, -0.15) is 0 Å². The molecule has 1 fully saturated rings. The largest absolute Gasteiger partial charge is 0.343 e. The molecule has 5 nitrogen and oxygen atoms in total. The molecule has 3 rings (SSSR count). The van der Waals surface area contributed by atoms with Crippen LogP contribution in [0.4, 0.5) is 5.69 Å². The number of hydrogen-bond donors (Lipinski definition) is 2. The predicted molar refractivity (Wildman–Crippen MR) is 120 cm³/mol. The minimum absolute atomic E-state index is 0.0580. The van der Waals surface area contributed by atoms with Crippen molar-refractivity contribution in [3.8, 4) is 0 Å². The van der Waals surface area contributed by atoms with Crippen molar-refractivity contribution in [3.63, 3.8) is 0 Å². The lowest BCUT2D eigenvalue weighted by Crippen LogP contribution is -2.33. The van der Waals surface area contributed by atoms with Crippen molar-refractivity contribution in [2.75, 3.05) is 25.0 Å². The number of amides is 2. The molecule has 0 radical (unpaired) electrons. The number of nitrogens with zero attached hydrogens (tertiary/aromatic N) is 1. The Hall–Kier alpha value is -1.93. The number of carbonyl (C=O) groups is 2. The lowest BCUT2D eigenvalue weighted by atomic mass is 9.99. The summed E-state index contributed by atoms with van der Waals surface area (Å²) in [6.07, 6.45) is 2.53. The third kappa shape index (κ3) is 6.04. The van der Waals surface area contributed by atoms with Gasteiger partial charge < -0.3 is 10.6 Å². The molecule has 1 aliphatic rings. The summed E-state index contributed by atoms with van der Waals surface area (Å²) >= 11 is 2.11. The molecule has 2 N–H and O–H groups in total. The fourth-order valence-corrected chi connectivity index (χ4v) is 3.91. The van der Waals surface area contributed by atoms with Gasteiger partial charge in [-0.15, -0.1) is 0 Å². The zero-order valence-corrected chi connectivity index (χ0v) is 18.2. The first-order valence-corrected chi connectivity index (χ1v) is 10.7. The maximum absolute atomic E-state index is 12.2. The third-order valence-corrected chi connectivity index (χ3v) is 5.99. The van der Waals surface area contributed by atoms with Crippen molar-refractivity contribution < 1.29 is 9.59 Å². The van der Waals surface area contributed by atoms with E-state index >= 15 is 0 Å². The Labute approximate surface area is 180 Å². The molecule has 0 unspecified atom stereocenters. The van der Waals surface area contributed by atoms with Gasteiger partial charge in [-0.25, -0.2) is 0 Å². The van der Waals surface area contributed by atoms with Crippen molar-refractivity contribution >= 4 is 40.1 Å². The number of benzene rings is 2. The van der Waals surface area contributed by atoms with Crippen molar-refractivity contribution in [1.82, 2.24) is 10.2 Å². The number of hydrogen-bond acceptors (Lipinski definition) is 3. The molecule has 2 amide bonds. The van der Waals surface area contributed by atoms with Gasteiger partial charge in [-0.1, -0.05) is 31.2 Å². The average Bonchev–Trinajstić information content (AvgIpc) is 2.70. The normalized spacial score (nSPS) is 15.2. The van der Waals surface area contributed by atoms with Crippen LogP contribution in [0.2, 0.25) is 0 Å². The Morgan fingerprint density at radius 2 is 1.75 bits per heavy atom. The molecule has 0 spiro atoms. The van der Waals surface area contributed by atoms with Crippen LogP contribution < -0.4 is 10.6 Å². The summed E-state index contributed by atoms with van der Waals surface area (Å²) in [4.78, 5) is 26.8. The smallest absolute Gasteiger partial charge is 0.252 e. The van der Waals surface area contributed by atoms with E-state index in [-0.39, 0.29) is 18.4 Å². The Morgan fingerprint density at radius 3 is 2.43 bits per heavy atom. The number of piperidine rings is 1. The van der Waals surface area contributed by atoms with Crippen molar-refractivity contribution in [2.24, 2.45) is 5.92 Å². The van der Waals surface area contributed by atoms with E-state index in [1.165, 1.54) is 18.4 Å². The Kier molecular flexibility index (Phi) is 7.44. The molecule has 0 bridgehead atoms. The first kappa shape index (κ1) is 20.8. The number of carbonyl (C=O) groups excluding carboxylic acids is 2. The fraction of sp³-hybridized carbons (Fsp3) is 0.364. The summed E-state index contributed by atoms with van der Waals surface area (Å²) in [6, 6.07) is 15.2. The lowest BCUT2D eigenvalue weighted by Gasteiger charge is -2.30. The van der Waals surface area contributed by atoms with Crippen molar-refractivity contribution in [2.45, 2.75) is 26.3 Å². The fourth-order valence-electron chi connectivity index (χ4n) is 3.28. The quantitative estimate of drug-likeness (QED) is 0.603. The molecule has 2 aromatic rings. The van der Waals surface area contributed by atoms with Crippen molar-refractivity contribution in [1.29, 1.82) is 0 Å². The zero-order valence-electron chi connectivity index (χ0n) is 16.1. The first-order valence-electron chi connectivity index (χ1n) is 9.65. The molecule has 0 aromatic heterocycles. The molecule has 6 heteroatoms. The van der Waals surface area contributed by atoms with Crippen LogP contribution in [-0.4, -0.2) is 36.3 Å². The molecule has 0 aliphatic carbocycles. The molecule has 1 heterocycles. The second-order valence-electron chi connectivity index (χ2n) is 7.37. The predicted octanol–water partition coefficient (Wildman–Crippen LogP) is 3.89. The summed E-state index contributed by atoms with van der Waals surface area (Å²) < 4.78 is 0.858. The molecule has 0 atom stereocenters. The Morgan fingerprint density at radius 1 is 1.07 bits per heavy atom. The monoisotopic (exact) mass is 491 g/mol. The van der Waals surface area contributed by atoms with E-state index in [1.807, 2.05) is 30.3 Å². The van der Waals surface area contributed by atoms with E-state index in [0.717, 1.165) is 34.8 Å². The molecule has 28 heavy (non-hydrogen) atoms. The lowest BCUT2D eigenvalue weighted by molar-refractivity contribution is -0.115. The standard InChI is InChI=1S/C22H26IN3O2/c1-16-10-12-26(13-11-16)15-17-6-8-18(9-7-17)25-21(27)14-24-22(28)19-4-2-3-5-20(19)23/h2-9,16H,10-15H2,1H3,(H,24,28)(H,25,27). The van der Waals surface area contributed by atoms with Crippen LogP contribution in [0.1, 0.15) is 35.7 Å². The van der Waals surface area contributed by atoms with E-state index in [1.54, 1.807) is 6.07 Å². The van der Waals surface area contributed by atoms with Crippen LogP contribution in [0.3, 0.4) is 0 Å². The van der Waals surface area contributed by atoms with Crippen LogP contribution in [-0.2, 0) is 11.3 Å². The van der Waals surface area contributed by atoms with Gasteiger partial charge in [0.2, 0.25) is 5.91 Å². The van der Waals surface area contributed by atoms with E-state index in [2.05, 4.69) is 57.2 Å².